The number of amides is 1. The zero-order valence-electron chi connectivity index (χ0n) is 16.6. The molecule has 1 saturated heterocycles. The average molecular weight is 414 g/mol. The van der Waals surface area contributed by atoms with Crippen molar-refractivity contribution in [3.05, 3.63) is 53.2 Å². The Hall–Kier alpha value is -2.71. The molecule has 1 fully saturated rings. The number of aromatic nitrogens is 4. The normalized spacial score (nSPS) is 15.5. The van der Waals surface area contributed by atoms with E-state index in [4.69, 9.17) is 11.6 Å². The Morgan fingerprint density at radius 2 is 1.93 bits per heavy atom. The second-order valence-electron chi connectivity index (χ2n) is 7.35. The van der Waals surface area contributed by atoms with Crippen LogP contribution in [0.1, 0.15) is 22.6 Å². The maximum atomic E-state index is 12.7. The molecule has 0 bridgehead atoms. The van der Waals surface area contributed by atoms with E-state index in [9.17, 15) is 4.79 Å². The van der Waals surface area contributed by atoms with Crippen molar-refractivity contribution >= 4 is 29.1 Å². The van der Waals surface area contributed by atoms with Crippen molar-refractivity contribution in [2.24, 2.45) is 0 Å². The standard InChI is InChI=1S/C20H24ClN7O/c1-25(2)19(29)18-16(28-13-15(21)5-6-17(28)24-18)14-26-9-4-10-27(12-11-26)20-22-7-3-8-23-20/h3,5-8,13H,4,9-12,14H2,1-2H3. The molecule has 4 heterocycles. The average Bonchev–Trinajstić information content (AvgIpc) is 2.90. The van der Waals surface area contributed by atoms with Crippen LogP contribution < -0.4 is 4.90 Å². The van der Waals surface area contributed by atoms with Crippen LogP contribution in [0.15, 0.2) is 36.8 Å². The van der Waals surface area contributed by atoms with E-state index in [1.54, 1.807) is 37.5 Å². The third-order valence-corrected chi connectivity index (χ3v) is 5.31. The number of halogens is 1. The summed E-state index contributed by atoms with van der Waals surface area (Å²) >= 11 is 6.22. The zero-order chi connectivity index (χ0) is 20.4. The summed E-state index contributed by atoms with van der Waals surface area (Å²) in [5.74, 6) is 0.661. The molecule has 1 amide bonds. The van der Waals surface area contributed by atoms with Gasteiger partial charge in [-0.15, -0.1) is 0 Å². The minimum Gasteiger partial charge on any atom is -0.343 e. The van der Waals surface area contributed by atoms with Gasteiger partial charge in [0.15, 0.2) is 5.69 Å². The van der Waals surface area contributed by atoms with Gasteiger partial charge in [0.25, 0.3) is 5.91 Å². The molecule has 152 valence electrons. The first-order valence-electron chi connectivity index (χ1n) is 9.65. The van der Waals surface area contributed by atoms with Crippen LogP contribution in [0.4, 0.5) is 5.95 Å². The second kappa shape index (κ2) is 8.34. The van der Waals surface area contributed by atoms with Gasteiger partial charge in [-0.3, -0.25) is 9.69 Å². The number of hydrogen-bond donors (Lipinski definition) is 0. The molecule has 29 heavy (non-hydrogen) atoms. The molecule has 3 aromatic heterocycles. The van der Waals surface area contributed by atoms with Crippen molar-refractivity contribution in [2.45, 2.75) is 13.0 Å². The predicted octanol–water partition coefficient (Wildman–Crippen LogP) is 2.19. The van der Waals surface area contributed by atoms with Gasteiger partial charge in [-0.05, 0) is 24.6 Å². The van der Waals surface area contributed by atoms with Gasteiger partial charge < -0.3 is 14.2 Å². The number of hydrogen-bond acceptors (Lipinski definition) is 6. The maximum Gasteiger partial charge on any atom is 0.273 e. The third kappa shape index (κ3) is 4.18. The van der Waals surface area contributed by atoms with Crippen molar-refractivity contribution in [1.29, 1.82) is 0 Å². The van der Waals surface area contributed by atoms with Crippen LogP contribution in [0.3, 0.4) is 0 Å². The van der Waals surface area contributed by atoms with Crippen molar-refractivity contribution in [1.82, 2.24) is 29.2 Å². The van der Waals surface area contributed by atoms with Crippen LogP contribution in [0.5, 0.6) is 0 Å². The largest absolute Gasteiger partial charge is 0.343 e. The van der Waals surface area contributed by atoms with E-state index in [2.05, 4.69) is 24.8 Å². The van der Waals surface area contributed by atoms with Crippen LogP contribution in [-0.4, -0.2) is 75.3 Å². The minimum atomic E-state index is -0.103. The summed E-state index contributed by atoms with van der Waals surface area (Å²) in [6.07, 6.45) is 6.36. The van der Waals surface area contributed by atoms with Gasteiger partial charge in [0.1, 0.15) is 5.65 Å². The highest BCUT2D eigenvalue weighted by Crippen LogP contribution is 2.20. The molecule has 0 aromatic carbocycles. The number of carbonyl (C=O) groups is 1. The third-order valence-electron chi connectivity index (χ3n) is 5.09. The molecule has 8 nitrogen and oxygen atoms in total. The maximum absolute atomic E-state index is 12.7. The van der Waals surface area contributed by atoms with Crippen molar-refractivity contribution in [3.63, 3.8) is 0 Å². The van der Waals surface area contributed by atoms with Gasteiger partial charge in [-0.25, -0.2) is 15.0 Å². The van der Waals surface area contributed by atoms with Gasteiger partial charge in [0.2, 0.25) is 5.95 Å². The topological polar surface area (TPSA) is 69.9 Å². The summed E-state index contributed by atoms with van der Waals surface area (Å²) in [7, 11) is 3.49. The fourth-order valence-electron chi connectivity index (χ4n) is 3.60. The van der Waals surface area contributed by atoms with Crippen LogP contribution in [0.2, 0.25) is 5.02 Å². The Labute approximate surface area is 174 Å². The molecule has 0 radical (unpaired) electrons. The van der Waals surface area contributed by atoms with E-state index < -0.39 is 0 Å². The summed E-state index contributed by atoms with van der Waals surface area (Å²) in [6, 6.07) is 5.46. The van der Waals surface area contributed by atoms with Crippen molar-refractivity contribution < 1.29 is 4.79 Å². The van der Waals surface area contributed by atoms with Crippen LogP contribution >= 0.6 is 11.6 Å². The lowest BCUT2D eigenvalue weighted by Gasteiger charge is -2.22. The van der Waals surface area contributed by atoms with E-state index in [1.807, 2.05) is 22.7 Å². The molecule has 4 rings (SSSR count). The Morgan fingerprint density at radius 1 is 1.14 bits per heavy atom. The highest BCUT2D eigenvalue weighted by atomic mass is 35.5. The molecule has 1 aliphatic rings. The smallest absolute Gasteiger partial charge is 0.273 e. The Bertz CT molecular complexity index is 1000. The summed E-state index contributed by atoms with van der Waals surface area (Å²) < 4.78 is 1.93. The summed E-state index contributed by atoms with van der Waals surface area (Å²) in [5.41, 5.74) is 2.07. The second-order valence-corrected chi connectivity index (χ2v) is 7.78. The zero-order valence-corrected chi connectivity index (χ0v) is 17.4. The van der Waals surface area contributed by atoms with Gasteiger partial charge in [0, 0.05) is 65.4 Å². The van der Waals surface area contributed by atoms with Gasteiger partial charge >= 0.3 is 0 Å². The molecule has 0 aliphatic carbocycles. The van der Waals surface area contributed by atoms with Crippen LogP contribution in [0.25, 0.3) is 5.65 Å². The number of nitrogens with zero attached hydrogens (tertiary/aromatic N) is 7. The van der Waals surface area contributed by atoms with E-state index in [0.29, 0.717) is 17.3 Å². The van der Waals surface area contributed by atoms with Crippen LogP contribution in [-0.2, 0) is 6.54 Å². The van der Waals surface area contributed by atoms with Gasteiger partial charge in [-0.1, -0.05) is 11.6 Å². The first kappa shape index (κ1) is 19.6. The number of fused-ring (bicyclic) bond motifs is 1. The predicted molar refractivity (Wildman–Crippen MR) is 112 cm³/mol. The number of rotatable bonds is 4. The quantitative estimate of drug-likeness (QED) is 0.653. The molecule has 0 spiro atoms. The molecule has 3 aromatic rings. The molecule has 1 aliphatic heterocycles. The first-order valence-corrected chi connectivity index (χ1v) is 10.0. The van der Waals surface area contributed by atoms with E-state index in [1.165, 1.54) is 0 Å². The lowest BCUT2D eigenvalue weighted by molar-refractivity contribution is 0.0820. The molecular weight excluding hydrogens is 390 g/mol. The van der Waals surface area contributed by atoms with Crippen molar-refractivity contribution in [2.75, 3.05) is 45.2 Å². The fraction of sp³-hybridized carbons (Fsp3) is 0.400. The molecule has 9 heteroatoms. The van der Waals surface area contributed by atoms with Gasteiger partial charge in [0.05, 0.1) is 10.7 Å². The SMILES string of the molecule is CN(C)C(=O)c1nc2ccc(Cl)cn2c1CN1CCCN(c2ncccn2)CC1. The summed E-state index contributed by atoms with van der Waals surface area (Å²) in [6.45, 7) is 4.13. The molecule has 0 saturated carbocycles. The van der Waals surface area contributed by atoms with E-state index in [0.717, 1.165) is 49.9 Å². The molecular formula is C20H24ClN7O. The van der Waals surface area contributed by atoms with E-state index in [-0.39, 0.29) is 5.91 Å². The Morgan fingerprint density at radius 3 is 2.69 bits per heavy atom. The summed E-state index contributed by atoms with van der Waals surface area (Å²) in [5, 5.41) is 0.614. The number of carbonyl (C=O) groups excluding carboxylic acids is 1. The van der Waals surface area contributed by atoms with Crippen LogP contribution in [0, 0.1) is 0 Å². The minimum absolute atomic E-state index is 0.103. The monoisotopic (exact) mass is 413 g/mol. The highest BCUT2D eigenvalue weighted by molar-refractivity contribution is 6.30. The van der Waals surface area contributed by atoms with E-state index >= 15 is 0 Å². The molecule has 0 atom stereocenters. The fourth-order valence-corrected chi connectivity index (χ4v) is 3.76. The molecule has 0 N–H and O–H groups in total. The van der Waals surface area contributed by atoms with Crippen molar-refractivity contribution in [3.8, 4) is 0 Å². The number of pyridine rings is 1. The lowest BCUT2D eigenvalue weighted by atomic mass is 10.2. The summed E-state index contributed by atoms with van der Waals surface area (Å²) in [4.78, 5) is 32.2. The number of anilines is 1. The Kier molecular flexibility index (Phi) is 5.64. The lowest BCUT2D eigenvalue weighted by Crippen LogP contribution is -2.32. The number of imidazole rings is 1. The highest BCUT2D eigenvalue weighted by Gasteiger charge is 2.24. The first-order chi connectivity index (χ1) is 14.0. The Balaban J connectivity index is 1.59. The van der Waals surface area contributed by atoms with Gasteiger partial charge in [-0.2, -0.15) is 0 Å². The molecule has 0 unspecified atom stereocenters.